The maximum absolute atomic E-state index is 10.5. The molecular formula is C21H21NO5S. The summed E-state index contributed by atoms with van der Waals surface area (Å²) < 4.78 is 38.7. The van der Waals surface area contributed by atoms with Crippen molar-refractivity contribution in [2.75, 3.05) is 0 Å². The maximum Gasteiger partial charge on any atom is 0.168 e. The molecule has 7 heteroatoms. The predicted octanol–water partition coefficient (Wildman–Crippen LogP) is 2.80. The highest BCUT2D eigenvalue weighted by Gasteiger charge is 1.99. The summed E-state index contributed by atoms with van der Waals surface area (Å²) in [6.07, 6.45) is 4.78. The number of carbonyl (C=O) groups excluding carboxylic acids is 1. The van der Waals surface area contributed by atoms with E-state index >= 15 is 0 Å². The lowest BCUT2D eigenvalue weighted by atomic mass is 10.2. The zero-order valence-corrected chi connectivity index (χ0v) is 16.4. The number of hydrogen-bond acceptors (Lipinski definition) is 5. The molecule has 0 atom stereocenters. The second-order valence-corrected chi connectivity index (χ2v) is 7.49. The van der Waals surface area contributed by atoms with Crippen LogP contribution in [0.15, 0.2) is 78.0 Å². The summed E-state index contributed by atoms with van der Waals surface area (Å²) in [6, 6.07) is 16.9. The van der Waals surface area contributed by atoms with Crippen LogP contribution in [0, 0.1) is 6.92 Å². The molecule has 0 N–H and O–H groups in total. The minimum Gasteiger partial charge on any atom is -0.744 e. The smallest absolute Gasteiger partial charge is 0.168 e. The van der Waals surface area contributed by atoms with Gasteiger partial charge in [0.1, 0.15) is 35.8 Å². The monoisotopic (exact) mass is 399 g/mol. The Morgan fingerprint density at radius 1 is 0.964 bits per heavy atom. The zero-order valence-electron chi connectivity index (χ0n) is 15.6. The van der Waals surface area contributed by atoms with Gasteiger partial charge in [-0.05, 0) is 43.3 Å². The fourth-order valence-corrected chi connectivity index (χ4v) is 2.61. The third-order valence-electron chi connectivity index (χ3n) is 3.78. The van der Waals surface area contributed by atoms with Crippen molar-refractivity contribution in [3.63, 3.8) is 0 Å². The number of rotatable bonds is 5. The lowest BCUT2D eigenvalue weighted by Crippen LogP contribution is -2.26. The second kappa shape index (κ2) is 9.77. The number of benzene rings is 2. The van der Waals surface area contributed by atoms with Gasteiger partial charge in [0.25, 0.3) is 0 Å². The van der Waals surface area contributed by atoms with Crippen molar-refractivity contribution in [1.82, 2.24) is 0 Å². The average molecular weight is 399 g/mol. The van der Waals surface area contributed by atoms with Crippen molar-refractivity contribution in [3.8, 4) is 5.75 Å². The van der Waals surface area contributed by atoms with Gasteiger partial charge in [0, 0.05) is 23.3 Å². The first kappa shape index (κ1) is 21.3. The van der Waals surface area contributed by atoms with Gasteiger partial charge in [-0.15, -0.1) is 0 Å². The van der Waals surface area contributed by atoms with Gasteiger partial charge in [-0.3, -0.25) is 4.79 Å². The van der Waals surface area contributed by atoms with Crippen molar-refractivity contribution >= 4 is 16.4 Å². The highest BCUT2D eigenvalue weighted by Crippen LogP contribution is 2.13. The first-order chi connectivity index (χ1) is 13.3. The number of nitrogens with zero attached hydrogens (tertiary/aromatic N) is 1. The van der Waals surface area contributed by atoms with E-state index in [9.17, 15) is 17.8 Å². The van der Waals surface area contributed by atoms with Gasteiger partial charge in [-0.2, -0.15) is 0 Å². The van der Waals surface area contributed by atoms with Gasteiger partial charge in [0.15, 0.2) is 12.4 Å². The molecule has 0 unspecified atom stereocenters. The number of aryl methyl sites for hydroxylation is 2. The van der Waals surface area contributed by atoms with Crippen LogP contribution >= 0.6 is 0 Å². The van der Waals surface area contributed by atoms with Crippen molar-refractivity contribution < 1.29 is 27.1 Å². The standard InChI is InChI=1S/C14H14NO2.C7H8O3S/c1-15-8-6-13(7-9-15)11-17-14-4-2-12(10-16)3-5-14;1-6-2-4-7(5-3-6)11(8,9)10/h2-10H,11H2,1H3;2-5H,1H3,(H,8,9,10)/q+1;/p-1. The SMILES string of the molecule is C[n+]1ccc(COc2ccc(C=O)cc2)cc1.Cc1ccc(S(=O)(=O)[O-])cc1. The molecule has 3 aromatic rings. The summed E-state index contributed by atoms with van der Waals surface area (Å²) in [4.78, 5) is 10.3. The summed E-state index contributed by atoms with van der Waals surface area (Å²) in [6.45, 7) is 2.35. The molecule has 6 nitrogen and oxygen atoms in total. The second-order valence-electron chi connectivity index (χ2n) is 6.11. The number of aldehydes is 1. The average Bonchev–Trinajstić information content (AvgIpc) is 2.68. The van der Waals surface area contributed by atoms with Crippen molar-refractivity contribution in [3.05, 3.63) is 89.7 Å². The topological polar surface area (TPSA) is 87.4 Å². The van der Waals surface area contributed by atoms with Gasteiger partial charge in [0.05, 0.1) is 4.90 Å². The summed E-state index contributed by atoms with van der Waals surface area (Å²) in [5, 5.41) is 0. The van der Waals surface area contributed by atoms with E-state index in [1.807, 2.05) is 43.1 Å². The fourth-order valence-electron chi connectivity index (χ4n) is 2.14. The molecule has 0 spiro atoms. The molecule has 0 aliphatic rings. The van der Waals surface area contributed by atoms with Crippen LogP contribution in [-0.2, 0) is 23.8 Å². The lowest BCUT2D eigenvalue weighted by Gasteiger charge is -2.05. The zero-order chi connectivity index (χ0) is 20.6. The van der Waals surface area contributed by atoms with Crippen LogP contribution < -0.4 is 9.30 Å². The summed E-state index contributed by atoms with van der Waals surface area (Å²) in [5.74, 6) is 0.767. The number of pyridine rings is 1. The Bertz CT molecular complexity index is 996. The molecule has 28 heavy (non-hydrogen) atoms. The Balaban J connectivity index is 0.000000221. The normalized spacial score (nSPS) is 10.5. The third kappa shape index (κ3) is 6.94. The summed E-state index contributed by atoms with van der Waals surface area (Å²) >= 11 is 0. The minimum atomic E-state index is -4.27. The molecule has 2 aromatic carbocycles. The van der Waals surface area contributed by atoms with E-state index < -0.39 is 10.1 Å². The van der Waals surface area contributed by atoms with Crippen LogP contribution in [0.1, 0.15) is 21.5 Å². The first-order valence-electron chi connectivity index (χ1n) is 8.43. The van der Waals surface area contributed by atoms with Crippen LogP contribution in [-0.4, -0.2) is 19.3 Å². The van der Waals surface area contributed by atoms with Gasteiger partial charge < -0.3 is 9.29 Å². The molecule has 0 bridgehead atoms. The van der Waals surface area contributed by atoms with Crippen LogP contribution in [0.3, 0.4) is 0 Å². The lowest BCUT2D eigenvalue weighted by molar-refractivity contribution is -0.671. The minimum absolute atomic E-state index is 0.178. The summed E-state index contributed by atoms with van der Waals surface area (Å²) in [7, 11) is -2.29. The van der Waals surface area contributed by atoms with E-state index in [0.717, 1.165) is 23.2 Å². The predicted molar refractivity (Wildman–Crippen MR) is 103 cm³/mol. The van der Waals surface area contributed by atoms with Crippen molar-refractivity contribution in [2.45, 2.75) is 18.4 Å². The molecule has 1 heterocycles. The Kier molecular flexibility index (Phi) is 7.43. The highest BCUT2D eigenvalue weighted by molar-refractivity contribution is 7.85. The Morgan fingerprint density at radius 2 is 1.54 bits per heavy atom. The summed E-state index contributed by atoms with van der Waals surface area (Å²) in [5.41, 5.74) is 2.70. The Labute approximate surface area is 164 Å². The number of aromatic nitrogens is 1. The molecule has 0 saturated carbocycles. The molecule has 146 valence electrons. The van der Waals surface area contributed by atoms with E-state index in [4.69, 9.17) is 4.74 Å². The molecular weight excluding hydrogens is 378 g/mol. The van der Waals surface area contributed by atoms with Gasteiger partial charge in [-0.25, -0.2) is 13.0 Å². The highest BCUT2D eigenvalue weighted by atomic mass is 32.2. The Hall–Kier alpha value is -3.03. The van der Waals surface area contributed by atoms with Crippen LogP contribution in [0.4, 0.5) is 0 Å². The molecule has 0 saturated heterocycles. The quantitative estimate of drug-likeness (QED) is 0.374. The number of carbonyl (C=O) groups is 1. The molecule has 3 rings (SSSR count). The molecule has 0 fully saturated rings. The molecule has 1 aromatic heterocycles. The van der Waals surface area contributed by atoms with Crippen LogP contribution in [0.5, 0.6) is 5.75 Å². The van der Waals surface area contributed by atoms with E-state index in [1.165, 1.54) is 12.1 Å². The van der Waals surface area contributed by atoms with Crippen molar-refractivity contribution in [2.24, 2.45) is 7.05 Å². The fraction of sp³-hybridized carbons (Fsp3) is 0.143. The van der Waals surface area contributed by atoms with E-state index in [0.29, 0.717) is 12.2 Å². The maximum atomic E-state index is 10.5. The van der Waals surface area contributed by atoms with Crippen LogP contribution in [0.25, 0.3) is 0 Å². The van der Waals surface area contributed by atoms with E-state index in [1.54, 1.807) is 36.4 Å². The Morgan fingerprint density at radius 3 is 2.04 bits per heavy atom. The molecule has 0 radical (unpaired) electrons. The first-order valence-corrected chi connectivity index (χ1v) is 9.83. The molecule has 0 amide bonds. The van der Waals surface area contributed by atoms with E-state index in [2.05, 4.69) is 0 Å². The number of hydrogen-bond donors (Lipinski definition) is 0. The molecule has 0 aliphatic carbocycles. The van der Waals surface area contributed by atoms with Gasteiger partial charge in [0.2, 0.25) is 0 Å². The number of ether oxygens (including phenoxy) is 1. The van der Waals surface area contributed by atoms with Gasteiger partial charge in [-0.1, -0.05) is 17.7 Å². The third-order valence-corrected chi connectivity index (χ3v) is 4.63. The van der Waals surface area contributed by atoms with Crippen LogP contribution in [0.2, 0.25) is 0 Å². The largest absolute Gasteiger partial charge is 0.744 e. The molecule has 0 aliphatic heterocycles. The van der Waals surface area contributed by atoms with Gasteiger partial charge >= 0.3 is 0 Å². The van der Waals surface area contributed by atoms with E-state index in [-0.39, 0.29) is 4.90 Å². The van der Waals surface area contributed by atoms with Crippen molar-refractivity contribution in [1.29, 1.82) is 0 Å².